The van der Waals surface area contributed by atoms with Crippen LogP contribution in [0.15, 0.2) is 24.3 Å². The molecule has 0 bridgehead atoms. The summed E-state index contributed by atoms with van der Waals surface area (Å²) in [7, 11) is 0. The fourth-order valence-electron chi connectivity index (χ4n) is 2.50. The summed E-state index contributed by atoms with van der Waals surface area (Å²) in [6.07, 6.45) is 2.23. The van der Waals surface area contributed by atoms with Gasteiger partial charge in [-0.15, -0.1) is 0 Å². The second kappa shape index (κ2) is 7.26. The fraction of sp³-hybridized carbons (Fsp3) is 0.533. The van der Waals surface area contributed by atoms with Crippen LogP contribution in [-0.4, -0.2) is 48.3 Å². The van der Waals surface area contributed by atoms with Gasteiger partial charge < -0.3 is 20.6 Å². The quantitative estimate of drug-likeness (QED) is 0.765. The topological polar surface area (TPSA) is 64.6 Å². The number of hydrogen-bond donors (Lipinski definition) is 3. The van der Waals surface area contributed by atoms with Crippen molar-refractivity contribution in [3.63, 3.8) is 0 Å². The van der Waals surface area contributed by atoms with Crippen molar-refractivity contribution in [1.82, 2.24) is 10.2 Å². The first-order chi connectivity index (χ1) is 9.69. The van der Waals surface area contributed by atoms with Crippen LogP contribution in [-0.2, 0) is 0 Å². The highest BCUT2D eigenvalue weighted by molar-refractivity contribution is 5.89. The molecule has 5 nitrogen and oxygen atoms in total. The highest BCUT2D eigenvalue weighted by Crippen LogP contribution is 2.12. The Hall–Kier alpha value is -1.59. The first-order valence-corrected chi connectivity index (χ1v) is 7.16. The molecular formula is C15H23N3O2. The third kappa shape index (κ3) is 4.21. The maximum absolute atomic E-state index is 12.3. The van der Waals surface area contributed by atoms with Gasteiger partial charge in [-0.2, -0.15) is 0 Å². The minimum atomic E-state index is -0.154. The van der Waals surface area contributed by atoms with Gasteiger partial charge in [-0.05, 0) is 44.0 Å². The molecule has 1 aromatic rings. The molecule has 0 spiro atoms. The number of aliphatic hydroxyl groups excluding tert-OH is 1. The van der Waals surface area contributed by atoms with Crippen LogP contribution in [0.25, 0.3) is 0 Å². The van der Waals surface area contributed by atoms with Crippen LogP contribution in [0.2, 0.25) is 0 Å². The Morgan fingerprint density at radius 2 is 2.40 bits per heavy atom. The van der Waals surface area contributed by atoms with E-state index in [0.29, 0.717) is 19.1 Å². The molecule has 2 amide bonds. The highest BCUT2D eigenvalue weighted by Gasteiger charge is 2.21. The zero-order chi connectivity index (χ0) is 14.4. The average Bonchev–Trinajstić information content (AvgIpc) is 2.91. The van der Waals surface area contributed by atoms with Crippen LogP contribution in [0.1, 0.15) is 18.4 Å². The van der Waals surface area contributed by atoms with Gasteiger partial charge in [-0.25, -0.2) is 4.79 Å². The molecule has 110 valence electrons. The van der Waals surface area contributed by atoms with Gasteiger partial charge in [0.15, 0.2) is 0 Å². The van der Waals surface area contributed by atoms with Crippen LogP contribution >= 0.6 is 0 Å². The molecule has 0 saturated carbocycles. The number of aliphatic hydroxyl groups is 1. The van der Waals surface area contributed by atoms with Crippen molar-refractivity contribution in [3.8, 4) is 0 Å². The van der Waals surface area contributed by atoms with Gasteiger partial charge in [-0.3, -0.25) is 0 Å². The molecule has 1 saturated heterocycles. The van der Waals surface area contributed by atoms with Crippen molar-refractivity contribution >= 4 is 11.7 Å². The molecule has 1 aliphatic heterocycles. The van der Waals surface area contributed by atoms with Crippen molar-refractivity contribution in [2.24, 2.45) is 0 Å². The predicted octanol–water partition coefficient (Wildman–Crippen LogP) is 1.57. The molecule has 1 unspecified atom stereocenters. The average molecular weight is 277 g/mol. The summed E-state index contributed by atoms with van der Waals surface area (Å²) in [5.41, 5.74) is 1.89. The number of nitrogens with one attached hydrogen (secondary N) is 2. The Balaban J connectivity index is 1.95. The Labute approximate surface area is 120 Å². The van der Waals surface area contributed by atoms with E-state index in [-0.39, 0.29) is 12.6 Å². The molecule has 1 fully saturated rings. The summed E-state index contributed by atoms with van der Waals surface area (Å²) in [5.74, 6) is 0. The summed E-state index contributed by atoms with van der Waals surface area (Å²) < 4.78 is 0. The number of aryl methyl sites for hydroxylation is 1. The molecule has 3 N–H and O–H groups in total. The van der Waals surface area contributed by atoms with Gasteiger partial charge in [0.2, 0.25) is 0 Å². The molecule has 0 aromatic heterocycles. The maximum atomic E-state index is 12.3. The summed E-state index contributed by atoms with van der Waals surface area (Å²) >= 11 is 0. The third-order valence-corrected chi connectivity index (χ3v) is 3.53. The second-order valence-corrected chi connectivity index (χ2v) is 5.26. The number of carbonyl (C=O) groups is 1. The van der Waals surface area contributed by atoms with E-state index < -0.39 is 0 Å². The number of amides is 2. The standard InChI is InChI=1S/C15H23N3O2/c1-12-4-2-5-13(10-12)17-15(20)18(8-9-19)11-14-6-3-7-16-14/h2,4-5,10,14,16,19H,3,6-9,11H2,1H3,(H,17,20). The van der Waals surface area contributed by atoms with E-state index in [9.17, 15) is 4.79 Å². The summed E-state index contributed by atoms with van der Waals surface area (Å²) in [5, 5.41) is 15.4. The molecular weight excluding hydrogens is 254 g/mol. The predicted molar refractivity (Wildman–Crippen MR) is 79.9 cm³/mol. The lowest BCUT2D eigenvalue weighted by molar-refractivity contribution is 0.182. The van der Waals surface area contributed by atoms with Crippen molar-refractivity contribution in [2.45, 2.75) is 25.8 Å². The lowest BCUT2D eigenvalue weighted by atomic mass is 10.2. The molecule has 1 heterocycles. The zero-order valence-electron chi connectivity index (χ0n) is 11.9. The maximum Gasteiger partial charge on any atom is 0.321 e. The largest absolute Gasteiger partial charge is 0.395 e. The molecule has 0 aliphatic carbocycles. The number of nitrogens with zero attached hydrogens (tertiary/aromatic N) is 1. The first kappa shape index (κ1) is 14.8. The van der Waals surface area contributed by atoms with E-state index in [0.717, 1.165) is 30.6 Å². The number of benzene rings is 1. The van der Waals surface area contributed by atoms with Crippen LogP contribution in [0.3, 0.4) is 0 Å². The lowest BCUT2D eigenvalue weighted by Crippen LogP contribution is -2.44. The Morgan fingerprint density at radius 3 is 3.05 bits per heavy atom. The number of anilines is 1. The third-order valence-electron chi connectivity index (χ3n) is 3.53. The Morgan fingerprint density at radius 1 is 1.55 bits per heavy atom. The summed E-state index contributed by atoms with van der Waals surface area (Å²) in [6, 6.07) is 7.89. The Kier molecular flexibility index (Phi) is 5.38. The van der Waals surface area contributed by atoms with Crippen molar-refractivity contribution in [2.75, 3.05) is 31.6 Å². The van der Waals surface area contributed by atoms with E-state index in [2.05, 4.69) is 10.6 Å². The monoisotopic (exact) mass is 277 g/mol. The smallest absolute Gasteiger partial charge is 0.321 e. The minimum Gasteiger partial charge on any atom is -0.395 e. The van der Waals surface area contributed by atoms with Gasteiger partial charge >= 0.3 is 6.03 Å². The normalized spacial score (nSPS) is 18.0. The zero-order valence-corrected chi connectivity index (χ0v) is 11.9. The van der Waals surface area contributed by atoms with Crippen molar-refractivity contribution < 1.29 is 9.90 Å². The van der Waals surface area contributed by atoms with Gasteiger partial charge in [0.05, 0.1) is 6.61 Å². The number of urea groups is 1. The van der Waals surface area contributed by atoms with Gasteiger partial charge in [0, 0.05) is 24.8 Å². The van der Waals surface area contributed by atoms with Crippen LogP contribution < -0.4 is 10.6 Å². The molecule has 0 radical (unpaired) electrons. The number of carbonyl (C=O) groups excluding carboxylic acids is 1. The Bertz CT molecular complexity index is 444. The minimum absolute atomic E-state index is 0.0199. The highest BCUT2D eigenvalue weighted by atomic mass is 16.3. The van der Waals surface area contributed by atoms with Crippen LogP contribution in [0.4, 0.5) is 10.5 Å². The fourth-order valence-corrected chi connectivity index (χ4v) is 2.50. The van der Waals surface area contributed by atoms with E-state index in [1.54, 1.807) is 4.90 Å². The lowest BCUT2D eigenvalue weighted by Gasteiger charge is -2.25. The number of rotatable bonds is 5. The summed E-state index contributed by atoms with van der Waals surface area (Å²) in [4.78, 5) is 13.9. The molecule has 5 heteroatoms. The van der Waals surface area contributed by atoms with Crippen LogP contribution in [0.5, 0.6) is 0 Å². The SMILES string of the molecule is Cc1cccc(NC(=O)N(CCO)CC2CCCN2)c1. The molecule has 20 heavy (non-hydrogen) atoms. The molecule has 1 aliphatic rings. The first-order valence-electron chi connectivity index (χ1n) is 7.16. The van der Waals surface area contributed by atoms with E-state index in [1.807, 2.05) is 31.2 Å². The van der Waals surface area contributed by atoms with E-state index in [4.69, 9.17) is 5.11 Å². The van der Waals surface area contributed by atoms with Crippen molar-refractivity contribution in [1.29, 1.82) is 0 Å². The molecule has 2 rings (SSSR count). The molecule has 1 atom stereocenters. The van der Waals surface area contributed by atoms with E-state index >= 15 is 0 Å². The van der Waals surface area contributed by atoms with E-state index in [1.165, 1.54) is 0 Å². The molecule has 1 aromatic carbocycles. The van der Waals surface area contributed by atoms with Gasteiger partial charge in [0.25, 0.3) is 0 Å². The van der Waals surface area contributed by atoms with Crippen LogP contribution in [0, 0.1) is 6.92 Å². The van der Waals surface area contributed by atoms with Gasteiger partial charge in [0.1, 0.15) is 0 Å². The summed E-state index contributed by atoms with van der Waals surface area (Å²) in [6.45, 7) is 3.97. The van der Waals surface area contributed by atoms with Gasteiger partial charge in [-0.1, -0.05) is 12.1 Å². The second-order valence-electron chi connectivity index (χ2n) is 5.26. The van der Waals surface area contributed by atoms with Crippen molar-refractivity contribution in [3.05, 3.63) is 29.8 Å². The number of hydrogen-bond acceptors (Lipinski definition) is 3.